The van der Waals surface area contributed by atoms with Crippen molar-refractivity contribution in [2.45, 2.75) is 75.8 Å². The normalized spacial score (nSPS) is 20.2. The summed E-state index contributed by atoms with van der Waals surface area (Å²) in [5.41, 5.74) is 2.71. The average Bonchev–Trinajstić information content (AvgIpc) is 2.77. The molecular formula is C25H38FN3. The van der Waals surface area contributed by atoms with E-state index >= 15 is 0 Å². The Kier molecular flexibility index (Phi) is 8.17. The van der Waals surface area contributed by atoms with Crippen molar-refractivity contribution in [3.8, 4) is 0 Å². The molecule has 1 aromatic carbocycles. The van der Waals surface area contributed by atoms with Crippen LogP contribution in [-0.4, -0.2) is 37.1 Å². The molecule has 0 bridgehead atoms. The molecule has 1 saturated carbocycles. The summed E-state index contributed by atoms with van der Waals surface area (Å²) in [4.78, 5) is 2.66. The van der Waals surface area contributed by atoms with E-state index in [-0.39, 0.29) is 11.9 Å². The first kappa shape index (κ1) is 21.9. The van der Waals surface area contributed by atoms with Gasteiger partial charge in [-0.15, -0.1) is 6.58 Å². The number of hydrogen-bond donors (Lipinski definition) is 2. The second kappa shape index (κ2) is 10.8. The van der Waals surface area contributed by atoms with Crippen LogP contribution in [0.25, 0.3) is 0 Å². The standard InChI is InChI=1S/C25H38FN3/c1-4-21(11-10-19(2)27-3)28-22-12-13-24(25(26)18-22)20-14-16-29(17-15-20)23-8-6-5-7-9-23/h4,12-13,18,20-21,23,27-28H,1-2,5-11,14-17H2,3H3. The van der Waals surface area contributed by atoms with Gasteiger partial charge in [-0.1, -0.05) is 38.0 Å². The molecule has 0 spiro atoms. The predicted octanol–water partition coefficient (Wildman–Crippen LogP) is 5.82. The van der Waals surface area contributed by atoms with Gasteiger partial charge in [-0.25, -0.2) is 4.39 Å². The molecular weight excluding hydrogens is 361 g/mol. The van der Waals surface area contributed by atoms with E-state index in [2.05, 4.69) is 28.7 Å². The fourth-order valence-corrected chi connectivity index (χ4v) is 4.89. The lowest BCUT2D eigenvalue weighted by Crippen LogP contribution is -2.42. The van der Waals surface area contributed by atoms with Crippen molar-refractivity contribution >= 4 is 5.69 Å². The molecule has 0 radical (unpaired) electrons. The van der Waals surface area contributed by atoms with Gasteiger partial charge in [-0.05, 0) is 75.2 Å². The van der Waals surface area contributed by atoms with Gasteiger partial charge in [-0.2, -0.15) is 0 Å². The summed E-state index contributed by atoms with van der Waals surface area (Å²) in [6.45, 7) is 10.1. The first-order valence-corrected chi connectivity index (χ1v) is 11.4. The SMILES string of the molecule is C=CC(CCC(=C)NC)Nc1ccc(C2CCN(C3CCCCC3)CC2)c(F)c1. The van der Waals surface area contributed by atoms with Crippen molar-refractivity contribution in [2.24, 2.45) is 0 Å². The van der Waals surface area contributed by atoms with Gasteiger partial charge in [-0.3, -0.25) is 0 Å². The highest BCUT2D eigenvalue weighted by molar-refractivity contribution is 5.47. The molecule has 0 amide bonds. The molecule has 1 heterocycles. The number of likely N-dealkylation sites (tertiary alicyclic amines) is 1. The minimum absolute atomic E-state index is 0.0754. The van der Waals surface area contributed by atoms with E-state index in [4.69, 9.17) is 0 Å². The Morgan fingerprint density at radius 1 is 1.21 bits per heavy atom. The highest BCUT2D eigenvalue weighted by Gasteiger charge is 2.28. The molecule has 160 valence electrons. The van der Waals surface area contributed by atoms with E-state index in [1.54, 1.807) is 6.07 Å². The zero-order chi connectivity index (χ0) is 20.6. The molecule has 1 unspecified atom stereocenters. The van der Waals surface area contributed by atoms with Crippen molar-refractivity contribution in [3.05, 3.63) is 54.5 Å². The summed E-state index contributed by atoms with van der Waals surface area (Å²) in [5, 5.41) is 6.46. The Hall–Kier alpha value is -1.81. The molecule has 3 rings (SSSR count). The van der Waals surface area contributed by atoms with E-state index in [1.807, 2.05) is 25.3 Å². The molecule has 1 atom stereocenters. The van der Waals surface area contributed by atoms with Gasteiger partial charge < -0.3 is 15.5 Å². The summed E-state index contributed by atoms with van der Waals surface area (Å²) in [6.07, 6.45) is 12.6. The van der Waals surface area contributed by atoms with Gasteiger partial charge in [0.25, 0.3) is 0 Å². The van der Waals surface area contributed by atoms with E-state index in [0.717, 1.165) is 61.8 Å². The monoisotopic (exact) mass is 399 g/mol. The number of anilines is 1. The fourth-order valence-electron chi connectivity index (χ4n) is 4.89. The van der Waals surface area contributed by atoms with Gasteiger partial charge >= 0.3 is 0 Å². The highest BCUT2D eigenvalue weighted by Crippen LogP contribution is 2.34. The number of halogens is 1. The quantitative estimate of drug-likeness (QED) is 0.513. The highest BCUT2D eigenvalue weighted by atomic mass is 19.1. The third kappa shape index (κ3) is 6.08. The number of rotatable bonds is 9. The van der Waals surface area contributed by atoms with Gasteiger partial charge in [0.2, 0.25) is 0 Å². The zero-order valence-electron chi connectivity index (χ0n) is 18.1. The Morgan fingerprint density at radius 2 is 1.93 bits per heavy atom. The molecule has 2 fully saturated rings. The smallest absolute Gasteiger partial charge is 0.128 e. The minimum Gasteiger partial charge on any atom is -0.392 e. The summed E-state index contributed by atoms with van der Waals surface area (Å²) in [7, 11) is 1.88. The maximum atomic E-state index is 14.9. The first-order valence-electron chi connectivity index (χ1n) is 11.4. The Morgan fingerprint density at radius 3 is 2.55 bits per heavy atom. The summed E-state index contributed by atoms with van der Waals surface area (Å²) < 4.78 is 14.9. The molecule has 1 aliphatic carbocycles. The van der Waals surface area contributed by atoms with Gasteiger partial charge in [0.05, 0.1) is 0 Å². The molecule has 4 heteroatoms. The lowest BCUT2D eigenvalue weighted by Gasteiger charge is -2.39. The van der Waals surface area contributed by atoms with Gasteiger partial charge in [0.15, 0.2) is 0 Å². The van der Waals surface area contributed by atoms with Crippen LogP contribution in [0.4, 0.5) is 10.1 Å². The van der Waals surface area contributed by atoms with E-state index in [0.29, 0.717) is 5.92 Å². The lowest BCUT2D eigenvalue weighted by molar-refractivity contribution is 0.121. The van der Waals surface area contributed by atoms with Crippen LogP contribution in [0.15, 0.2) is 43.1 Å². The second-order valence-electron chi connectivity index (χ2n) is 8.72. The minimum atomic E-state index is -0.0754. The van der Waals surface area contributed by atoms with Crippen LogP contribution in [0.2, 0.25) is 0 Å². The Bertz CT molecular complexity index is 673. The number of nitrogens with one attached hydrogen (secondary N) is 2. The maximum Gasteiger partial charge on any atom is 0.128 e. The van der Waals surface area contributed by atoms with Gasteiger partial charge in [0, 0.05) is 30.5 Å². The zero-order valence-corrected chi connectivity index (χ0v) is 18.1. The van der Waals surface area contributed by atoms with Crippen molar-refractivity contribution in [1.82, 2.24) is 10.2 Å². The molecule has 1 aromatic rings. The predicted molar refractivity (Wildman–Crippen MR) is 122 cm³/mol. The van der Waals surface area contributed by atoms with Crippen LogP contribution < -0.4 is 10.6 Å². The van der Waals surface area contributed by atoms with Crippen LogP contribution in [-0.2, 0) is 0 Å². The molecule has 29 heavy (non-hydrogen) atoms. The van der Waals surface area contributed by atoms with Crippen LogP contribution >= 0.6 is 0 Å². The van der Waals surface area contributed by atoms with Crippen LogP contribution in [0.3, 0.4) is 0 Å². The topological polar surface area (TPSA) is 27.3 Å². The van der Waals surface area contributed by atoms with Crippen molar-refractivity contribution in [3.63, 3.8) is 0 Å². The van der Waals surface area contributed by atoms with Crippen molar-refractivity contribution in [2.75, 3.05) is 25.5 Å². The van der Waals surface area contributed by atoms with E-state index < -0.39 is 0 Å². The number of allylic oxidation sites excluding steroid dienone is 1. The Labute approximate surface area is 176 Å². The lowest BCUT2D eigenvalue weighted by atomic mass is 9.86. The number of nitrogens with zero attached hydrogens (tertiary/aromatic N) is 1. The van der Waals surface area contributed by atoms with Crippen molar-refractivity contribution in [1.29, 1.82) is 0 Å². The molecule has 0 aromatic heterocycles. The maximum absolute atomic E-state index is 14.9. The average molecular weight is 400 g/mol. The van der Waals surface area contributed by atoms with Crippen LogP contribution in [0, 0.1) is 5.82 Å². The third-order valence-corrected chi connectivity index (χ3v) is 6.81. The van der Waals surface area contributed by atoms with Gasteiger partial charge in [0.1, 0.15) is 5.82 Å². The van der Waals surface area contributed by atoms with E-state index in [9.17, 15) is 4.39 Å². The fraction of sp³-hybridized carbons (Fsp3) is 0.600. The number of hydrogen-bond acceptors (Lipinski definition) is 3. The summed E-state index contributed by atoms with van der Waals surface area (Å²) >= 11 is 0. The van der Waals surface area contributed by atoms with E-state index in [1.165, 1.54) is 32.1 Å². The van der Waals surface area contributed by atoms with Crippen molar-refractivity contribution < 1.29 is 4.39 Å². The van der Waals surface area contributed by atoms with Crippen LogP contribution in [0.1, 0.15) is 69.3 Å². The summed E-state index contributed by atoms with van der Waals surface area (Å²) in [5.74, 6) is 0.270. The molecule has 1 aliphatic heterocycles. The Balaban J connectivity index is 1.54. The van der Waals surface area contributed by atoms with Crippen LogP contribution in [0.5, 0.6) is 0 Å². The second-order valence-corrected chi connectivity index (χ2v) is 8.72. The molecule has 2 N–H and O–H groups in total. The molecule has 2 aliphatic rings. The number of benzene rings is 1. The molecule has 1 saturated heterocycles. The molecule has 3 nitrogen and oxygen atoms in total. The number of piperidine rings is 1. The summed E-state index contributed by atoms with van der Waals surface area (Å²) in [6, 6.07) is 6.55. The first-order chi connectivity index (χ1) is 14.1. The largest absolute Gasteiger partial charge is 0.392 e. The third-order valence-electron chi connectivity index (χ3n) is 6.81.